The lowest BCUT2D eigenvalue weighted by Crippen LogP contribution is -2.48. The molecule has 3 aromatic rings. The summed E-state index contributed by atoms with van der Waals surface area (Å²) in [7, 11) is 0. The number of hydrogen-bond acceptors (Lipinski definition) is 3. The maximum Gasteiger partial charge on any atom is 0.326 e. The molecule has 0 spiro atoms. The number of hydrogen-bond donors (Lipinski definition) is 1. The summed E-state index contributed by atoms with van der Waals surface area (Å²) >= 11 is 0. The standard InChI is InChI=1S/C24H26N2O3/c1-3-25(16-19-10-5-4-6-11-19)17-23(27)26(18(2)24(28)29)22-15-9-13-20-12-7-8-14-21(20)22/h4-15,18H,3,16-17H2,1-2H3,(H,28,29)/t18-/m0/s1. The Morgan fingerprint density at radius 2 is 1.59 bits per heavy atom. The van der Waals surface area contributed by atoms with E-state index in [0.29, 0.717) is 18.8 Å². The molecule has 1 amide bonds. The summed E-state index contributed by atoms with van der Waals surface area (Å²) < 4.78 is 0. The first-order chi connectivity index (χ1) is 14.0. The van der Waals surface area contributed by atoms with Gasteiger partial charge in [0.1, 0.15) is 6.04 Å². The van der Waals surface area contributed by atoms with E-state index >= 15 is 0 Å². The molecule has 29 heavy (non-hydrogen) atoms. The average molecular weight is 390 g/mol. The minimum atomic E-state index is -1.03. The summed E-state index contributed by atoms with van der Waals surface area (Å²) in [6.45, 7) is 5.01. The second-order valence-corrected chi connectivity index (χ2v) is 7.07. The van der Waals surface area contributed by atoms with Crippen LogP contribution in [-0.4, -0.2) is 41.0 Å². The number of carbonyl (C=O) groups is 2. The summed E-state index contributed by atoms with van der Waals surface area (Å²) in [4.78, 5) is 28.5. The lowest BCUT2D eigenvalue weighted by Gasteiger charge is -2.30. The van der Waals surface area contributed by atoms with Crippen molar-refractivity contribution in [3.05, 3.63) is 78.4 Å². The molecule has 150 valence electrons. The van der Waals surface area contributed by atoms with Crippen molar-refractivity contribution in [2.75, 3.05) is 18.0 Å². The van der Waals surface area contributed by atoms with E-state index < -0.39 is 12.0 Å². The first-order valence-corrected chi connectivity index (χ1v) is 9.80. The van der Waals surface area contributed by atoms with Crippen molar-refractivity contribution in [2.45, 2.75) is 26.4 Å². The predicted molar refractivity (Wildman–Crippen MR) is 116 cm³/mol. The van der Waals surface area contributed by atoms with Crippen molar-refractivity contribution in [2.24, 2.45) is 0 Å². The number of benzene rings is 3. The SMILES string of the molecule is CCN(CC(=O)N(c1cccc2ccccc12)[C@@H](C)C(=O)O)Cc1ccccc1. The lowest BCUT2D eigenvalue weighted by atomic mass is 10.1. The molecule has 5 nitrogen and oxygen atoms in total. The first kappa shape index (κ1) is 20.6. The Bertz CT molecular complexity index is 982. The molecule has 0 aliphatic carbocycles. The molecule has 0 aliphatic rings. The highest BCUT2D eigenvalue weighted by atomic mass is 16.4. The number of aliphatic carboxylic acids is 1. The van der Waals surface area contributed by atoms with Crippen LogP contribution in [0.5, 0.6) is 0 Å². The molecule has 1 N–H and O–H groups in total. The van der Waals surface area contributed by atoms with E-state index in [4.69, 9.17) is 0 Å². The van der Waals surface area contributed by atoms with E-state index in [0.717, 1.165) is 16.3 Å². The van der Waals surface area contributed by atoms with Crippen molar-refractivity contribution in [3.63, 3.8) is 0 Å². The Morgan fingerprint density at radius 1 is 0.931 bits per heavy atom. The number of nitrogens with zero attached hydrogens (tertiary/aromatic N) is 2. The van der Waals surface area contributed by atoms with Gasteiger partial charge in [-0.1, -0.05) is 73.7 Å². The fourth-order valence-electron chi connectivity index (χ4n) is 3.48. The molecule has 3 rings (SSSR count). The molecule has 0 heterocycles. The number of amides is 1. The molecule has 0 aromatic heterocycles. The van der Waals surface area contributed by atoms with Gasteiger partial charge in [-0.05, 0) is 30.5 Å². The van der Waals surface area contributed by atoms with Crippen molar-refractivity contribution >= 4 is 28.3 Å². The number of carboxylic acid groups (broad SMARTS) is 1. The molecule has 0 unspecified atom stereocenters. The third kappa shape index (κ3) is 4.81. The van der Waals surface area contributed by atoms with Gasteiger partial charge in [-0.2, -0.15) is 0 Å². The van der Waals surface area contributed by atoms with Crippen LogP contribution in [-0.2, 0) is 16.1 Å². The number of likely N-dealkylation sites (N-methyl/N-ethyl adjacent to an activating group) is 1. The number of carbonyl (C=O) groups excluding carboxylic acids is 1. The van der Waals surface area contributed by atoms with Crippen LogP contribution in [0.25, 0.3) is 10.8 Å². The highest BCUT2D eigenvalue weighted by Gasteiger charge is 2.29. The molecule has 0 saturated carbocycles. The summed E-state index contributed by atoms with van der Waals surface area (Å²) in [5.74, 6) is -1.26. The van der Waals surface area contributed by atoms with Gasteiger partial charge in [0, 0.05) is 11.9 Å². The number of anilines is 1. The Kier molecular flexibility index (Phi) is 6.62. The Labute approximate surface area is 171 Å². The minimum absolute atomic E-state index is 0.145. The van der Waals surface area contributed by atoms with Crippen LogP contribution in [0.15, 0.2) is 72.8 Å². The third-order valence-electron chi connectivity index (χ3n) is 5.09. The average Bonchev–Trinajstić information content (AvgIpc) is 2.74. The lowest BCUT2D eigenvalue weighted by molar-refractivity contribution is -0.139. The zero-order valence-corrected chi connectivity index (χ0v) is 16.8. The van der Waals surface area contributed by atoms with E-state index in [-0.39, 0.29) is 12.5 Å². The Hall–Kier alpha value is -3.18. The van der Waals surface area contributed by atoms with Crippen molar-refractivity contribution in [1.29, 1.82) is 0 Å². The zero-order valence-electron chi connectivity index (χ0n) is 16.8. The van der Waals surface area contributed by atoms with E-state index in [9.17, 15) is 14.7 Å². The topological polar surface area (TPSA) is 60.9 Å². The largest absolute Gasteiger partial charge is 0.480 e. The van der Waals surface area contributed by atoms with Crippen molar-refractivity contribution < 1.29 is 14.7 Å². The van der Waals surface area contributed by atoms with Gasteiger partial charge < -0.3 is 5.11 Å². The molecule has 0 fully saturated rings. The fourth-order valence-corrected chi connectivity index (χ4v) is 3.48. The molecule has 5 heteroatoms. The van der Waals surface area contributed by atoms with Gasteiger partial charge in [-0.15, -0.1) is 0 Å². The fraction of sp³-hybridized carbons (Fsp3) is 0.250. The molecular formula is C24H26N2O3. The van der Waals surface area contributed by atoms with Crippen LogP contribution in [0.3, 0.4) is 0 Å². The van der Waals surface area contributed by atoms with Gasteiger partial charge >= 0.3 is 5.97 Å². The van der Waals surface area contributed by atoms with E-state index in [1.165, 1.54) is 4.90 Å². The summed E-state index contributed by atoms with van der Waals surface area (Å²) in [6.07, 6.45) is 0. The monoisotopic (exact) mass is 390 g/mol. The second-order valence-electron chi connectivity index (χ2n) is 7.07. The molecule has 1 atom stereocenters. The van der Waals surface area contributed by atoms with E-state index in [2.05, 4.69) is 0 Å². The molecule has 3 aromatic carbocycles. The van der Waals surface area contributed by atoms with Crippen LogP contribution in [0, 0.1) is 0 Å². The van der Waals surface area contributed by atoms with Gasteiger partial charge in [0.25, 0.3) is 0 Å². The number of fused-ring (bicyclic) bond motifs is 1. The second kappa shape index (κ2) is 9.34. The summed E-state index contributed by atoms with van der Waals surface area (Å²) in [5, 5.41) is 11.5. The normalized spacial score (nSPS) is 12.1. The Morgan fingerprint density at radius 3 is 2.28 bits per heavy atom. The number of rotatable bonds is 8. The van der Waals surface area contributed by atoms with Crippen LogP contribution in [0.4, 0.5) is 5.69 Å². The van der Waals surface area contributed by atoms with Gasteiger partial charge in [-0.25, -0.2) is 4.79 Å². The first-order valence-electron chi connectivity index (χ1n) is 9.80. The van der Waals surface area contributed by atoms with Crippen LogP contribution in [0.1, 0.15) is 19.4 Å². The maximum absolute atomic E-state index is 13.3. The predicted octanol–water partition coefficient (Wildman–Crippen LogP) is 4.17. The molecule has 0 saturated heterocycles. The Balaban J connectivity index is 1.92. The molecule has 0 radical (unpaired) electrons. The molecular weight excluding hydrogens is 364 g/mol. The van der Waals surface area contributed by atoms with Gasteiger partial charge in [0.2, 0.25) is 5.91 Å². The van der Waals surface area contributed by atoms with Crippen LogP contribution < -0.4 is 4.90 Å². The highest BCUT2D eigenvalue weighted by molar-refractivity contribution is 6.07. The van der Waals surface area contributed by atoms with Crippen molar-refractivity contribution in [1.82, 2.24) is 4.90 Å². The molecule has 0 bridgehead atoms. The maximum atomic E-state index is 13.3. The van der Waals surface area contributed by atoms with Crippen LogP contribution in [0.2, 0.25) is 0 Å². The van der Waals surface area contributed by atoms with Gasteiger partial charge in [0.05, 0.1) is 12.2 Å². The summed E-state index contributed by atoms with van der Waals surface area (Å²) in [6, 6.07) is 22.3. The van der Waals surface area contributed by atoms with Gasteiger partial charge in [0.15, 0.2) is 0 Å². The zero-order chi connectivity index (χ0) is 20.8. The van der Waals surface area contributed by atoms with Gasteiger partial charge in [-0.3, -0.25) is 14.6 Å². The van der Waals surface area contributed by atoms with Crippen LogP contribution >= 0.6 is 0 Å². The third-order valence-corrected chi connectivity index (χ3v) is 5.09. The minimum Gasteiger partial charge on any atom is -0.480 e. The highest BCUT2D eigenvalue weighted by Crippen LogP contribution is 2.28. The van der Waals surface area contributed by atoms with E-state index in [1.54, 1.807) is 6.92 Å². The quantitative estimate of drug-likeness (QED) is 0.627. The molecule has 0 aliphatic heterocycles. The smallest absolute Gasteiger partial charge is 0.326 e. The summed E-state index contributed by atoms with van der Waals surface area (Å²) in [5.41, 5.74) is 1.74. The van der Waals surface area contributed by atoms with E-state index in [1.807, 2.05) is 84.6 Å². The number of carboxylic acids is 1. The van der Waals surface area contributed by atoms with Crippen molar-refractivity contribution in [3.8, 4) is 0 Å².